The maximum Gasteiger partial charge on any atom is -0.00962 e. The zero-order valence-corrected chi connectivity index (χ0v) is 5.09. The Hall–Kier alpha value is -0.520. The molecule has 0 nitrogen and oxygen atoms in total. The van der Waals surface area contributed by atoms with Crippen LogP contribution < -0.4 is 0 Å². The minimum absolute atomic E-state index is 0.944. The van der Waals surface area contributed by atoms with E-state index in [-0.39, 0.29) is 0 Å². The van der Waals surface area contributed by atoms with Gasteiger partial charge in [0.15, 0.2) is 0 Å². The molecule has 2 unspecified atom stereocenters. The molecule has 0 aromatic carbocycles. The van der Waals surface area contributed by atoms with Gasteiger partial charge in [0.25, 0.3) is 0 Å². The average Bonchev–Trinajstić information content (AvgIpc) is 2.46. The van der Waals surface area contributed by atoms with E-state index in [2.05, 4.69) is 25.2 Å². The highest BCUT2D eigenvalue weighted by Gasteiger charge is 2.40. The van der Waals surface area contributed by atoms with Crippen LogP contribution in [-0.2, 0) is 0 Å². The smallest absolute Gasteiger partial charge is 0.00962 e. The summed E-state index contributed by atoms with van der Waals surface area (Å²) in [6.45, 7) is 2.13. The summed E-state index contributed by atoms with van der Waals surface area (Å²) < 4.78 is 0. The summed E-state index contributed by atoms with van der Waals surface area (Å²) in [5, 5.41) is 0. The van der Waals surface area contributed by atoms with E-state index in [4.69, 9.17) is 0 Å². The molecular formula is C8H10. The second-order valence-electron chi connectivity index (χ2n) is 2.65. The third kappa shape index (κ3) is 0.405. The Kier molecular flexibility index (Phi) is 0.682. The third-order valence-electron chi connectivity index (χ3n) is 2.14. The minimum Gasteiger partial charge on any atom is -0.0841 e. The van der Waals surface area contributed by atoms with Gasteiger partial charge >= 0.3 is 0 Å². The highest BCUT2D eigenvalue weighted by atomic mass is 14.4. The van der Waals surface area contributed by atoms with E-state index >= 15 is 0 Å². The molecule has 42 valence electrons. The van der Waals surface area contributed by atoms with Crippen LogP contribution in [0.3, 0.4) is 0 Å². The topological polar surface area (TPSA) is 0 Å². The molecule has 0 aromatic rings. The van der Waals surface area contributed by atoms with Gasteiger partial charge in [0, 0.05) is 0 Å². The molecule has 0 saturated heterocycles. The van der Waals surface area contributed by atoms with E-state index < -0.39 is 0 Å². The van der Waals surface area contributed by atoms with Crippen molar-refractivity contribution < 1.29 is 0 Å². The predicted octanol–water partition coefficient (Wildman–Crippen LogP) is 2.14. The summed E-state index contributed by atoms with van der Waals surface area (Å²) in [5.41, 5.74) is 1.56. The molecule has 0 N–H and O–H groups in total. The second kappa shape index (κ2) is 1.25. The molecule has 0 heterocycles. The van der Waals surface area contributed by atoms with Crippen molar-refractivity contribution >= 4 is 0 Å². The van der Waals surface area contributed by atoms with Crippen LogP contribution in [0.1, 0.15) is 13.3 Å². The summed E-state index contributed by atoms with van der Waals surface area (Å²) in [7, 11) is 0. The summed E-state index contributed by atoms with van der Waals surface area (Å²) >= 11 is 0. The monoisotopic (exact) mass is 106 g/mol. The fourth-order valence-electron chi connectivity index (χ4n) is 1.48. The molecule has 0 bridgehead atoms. The van der Waals surface area contributed by atoms with Crippen molar-refractivity contribution in [1.29, 1.82) is 0 Å². The van der Waals surface area contributed by atoms with Gasteiger partial charge in [-0.2, -0.15) is 0 Å². The van der Waals surface area contributed by atoms with Crippen LogP contribution in [0.15, 0.2) is 23.8 Å². The van der Waals surface area contributed by atoms with Crippen molar-refractivity contribution in [3.63, 3.8) is 0 Å². The molecular weight excluding hydrogens is 96.1 g/mol. The van der Waals surface area contributed by atoms with Crippen LogP contribution in [0, 0.1) is 11.8 Å². The van der Waals surface area contributed by atoms with Crippen molar-refractivity contribution in [3.05, 3.63) is 23.8 Å². The van der Waals surface area contributed by atoms with Gasteiger partial charge in [0.1, 0.15) is 0 Å². The number of rotatable bonds is 0. The molecule has 2 atom stereocenters. The molecule has 2 aliphatic carbocycles. The molecule has 0 aromatic heterocycles. The first kappa shape index (κ1) is 4.37. The lowest BCUT2D eigenvalue weighted by Gasteiger charge is -1.87. The fraction of sp³-hybridized carbons (Fsp3) is 0.500. The lowest BCUT2D eigenvalue weighted by molar-refractivity contribution is 0.999. The van der Waals surface area contributed by atoms with Crippen LogP contribution in [0.2, 0.25) is 0 Å². The van der Waals surface area contributed by atoms with Crippen molar-refractivity contribution in [2.45, 2.75) is 13.3 Å². The van der Waals surface area contributed by atoms with Gasteiger partial charge in [-0.25, -0.2) is 0 Å². The summed E-state index contributed by atoms with van der Waals surface area (Å²) in [4.78, 5) is 0. The fourth-order valence-corrected chi connectivity index (χ4v) is 1.48. The van der Waals surface area contributed by atoms with Crippen molar-refractivity contribution in [1.82, 2.24) is 0 Å². The van der Waals surface area contributed by atoms with E-state index in [9.17, 15) is 0 Å². The zero-order chi connectivity index (χ0) is 5.56. The molecule has 0 radical (unpaired) electrons. The minimum atomic E-state index is 0.944. The molecule has 1 fully saturated rings. The largest absolute Gasteiger partial charge is 0.0841 e. The van der Waals surface area contributed by atoms with Gasteiger partial charge in [0.2, 0.25) is 0 Å². The van der Waals surface area contributed by atoms with Crippen LogP contribution in [0.4, 0.5) is 0 Å². The van der Waals surface area contributed by atoms with E-state index in [0.717, 1.165) is 11.8 Å². The number of hydrogen-bond donors (Lipinski definition) is 0. The molecule has 0 amide bonds. The molecule has 0 heteroatoms. The number of hydrogen-bond acceptors (Lipinski definition) is 0. The van der Waals surface area contributed by atoms with Gasteiger partial charge in [-0.15, -0.1) is 0 Å². The summed E-state index contributed by atoms with van der Waals surface area (Å²) in [6.07, 6.45) is 8.25. The number of allylic oxidation sites excluding steroid dienone is 4. The van der Waals surface area contributed by atoms with Gasteiger partial charge in [-0.05, 0) is 30.8 Å². The SMILES string of the molecule is C/C=C1/C=CC2CC12. The molecule has 2 aliphatic rings. The van der Waals surface area contributed by atoms with Gasteiger partial charge in [-0.3, -0.25) is 0 Å². The lowest BCUT2D eigenvalue weighted by Crippen LogP contribution is -1.73. The van der Waals surface area contributed by atoms with E-state index in [1.807, 2.05) is 0 Å². The molecule has 0 aliphatic heterocycles. The number of fused-ring (bicyclic) bond motifs is 1. The molecule has 8 heavy (non-hydrogen) atoms. The Morgan fingerprint density at radius 1 is 1.75 bits per heavy atom. The van der Waals surface area contributed by atoms with Gasteiger partial charge in [0.05, 0.1) is 0 Å². The third-order valence-corrected chi connectivity index (χ3v) is 2.14. The summed E-state index contributed by atoms with van der Waals surface area (Å²) in [5.74, 6) is 1.89. The first-order valence-electron chi connectivity index (χ1n) is 3.26. The Morgan fingerprint density at radius 3 is 2.88 bits per heavy atom. The predicted molar refractivity (Wildman–Crippen MR) is 34.5 cm³/mol. The highest BCUT2D eigenvalue weighted by Crippen LogP contribution is 2.50. The van der Waals surface area contributed by atoms with Crippen LogP contribution in [0.25, 0.3) is 0 Å². The Balaban J connectivity index is 2.30. The van der Waals surface area contributed by atoms with E-state index in [1.165, 1.54) is 6.42 Å². The Labute approximate surface area is 49.9 Å². The molecule has 1 saturated carbocycles. The highest BCUT2D eigenvalue weighted by molar-refractivity contribution is 5.36. The maximum atomic E-state index is 2.33. The molecule has 0 spiro atoms. The van der Waals surface area contributed by atoms with Crippen molar-refractivity contribution in [2.75, 3.05) is 0 Å². The van der Waals surface area contributed by atoms with Crippen molar-refractivity contribution in [3.8, 4) is 0 Å². The Bertz CT molecular complexity index is 160. The van der Waals surface area contributed by atoms with E-state index in [1.54, 1.807) is 5.57 Å². The molecule has 2 rings (SSSR count). The van der Waals surface area contributed by atoms with Crippen LogP contribution in [0.5, 0.6) is 0 Å². The maximum absolute atomic E-state index is 2.33. The van der Waals surface area contributed by atoms with Crippen molar-refractivity contribution in [2.24, 2.45) is 11.8 Å². The standard InChI is InChI=1S/C8H10/c1-2-6-3-4-7-5-8(6)7/h2-4,7-8H,5H2,1H3/b6-2-. The lowest BCUT2D eigenvalue weighted by atomic mass is 10.2. The summed E-state index contributed by atoms with van der Waals surface area (Å²) in [6, 6.07) is 0. The van der Waals surface area contributed by atoms with Crippen LogP contribution >= 0.6 is 0 Å². The second-order valence-corrected chi connectivity index (χ2v) is 2.65. The zero-order valence-electron chi connectivity index (χ0n) is 5.09. The quantitative estimate of drug-likeness (QED) is 0.444. The normalized spacial score (nSPS) is 45.4. The Morgan fingerprint density at radius 2 is 2.62 bits per heavy atom. The van der Waals surface area contributed by atoms with Crippen LogP contribution in [-0.4, -0.2) is 0 Å². The van der Waals surface area contributed by atoms with E-state index in [0.29, 0.717) is 0 Å². The average molecular weight is 106 g/mol. The first-order chi connectivity index (χ1) is 3.92. The van der Waals surface area contributed by atoms with Gasteiger partial charge in [-0.1, -0.05) is 18.2 Å². The van der Waals surface area contributed by atoms with Gasteiger partial charge < -0.3 is 0 Å². The first-order valence-corrected chi connectivity index (χ1v) is 3.26.